The fourth-order valence-electron chi connectivity index (χ4n) is 1.25. The van der Waals surface area contributed by atoms with Crippen molar-refractivity contribution < 1.29 is 4.79 Å². The van der Waals surface area contributed by atoms with Crippen LogP contribution in [0.15, 0.2) is 11.3 Å². The molecule has 2 nitrogen and oxygen atoms in total. The number of allylic oxidation sites excluding steroid dienone is 2. The summed E-state index contributed by atoms with van der Waals surface area (Å²) in [5.74, 6) is 0.688. The topological polar surface area (TPSA) is 29.1 Å². The van der Waals surface area contributed by atoms with Crippen molar-refractivity contribution in [2.75, 3.05) is 7.05 Å². The van der Waals surface area contributed by atoms with Gasteiger partial charge in [0.15, 0.2) is 0 Å². The highest BCUT2D eigenvalue weighted by molar-refractivity contribution is 5.74. The van der Waals surface area contributed by atoms with Crippen LogP contribution >= 0.6 is 0 Å². The molecule has 0 aromatic heterocycles. The molecule has 0 rings (SSSR count). The molecule has 0 saturated carbocycles. The van der Waals surface area contributed by atoms with Gasteiger partial charge in [-0.3, -0.25) is 4.79 Å². The molecule has 0 aromatic carbocycles. The fraction of sp³-hybridized carbons (Fsp3) is 0.727. The smallest absolute Gasteiger partial charge is 0.147 e. The second-order valence-corrected chi connectivity index (χ2v) is 3.66. The van der Waals surface area contributed by atoms with Gasteiger partial charge in [0.25, 0.3) is 0 Å². The Hall–Kier alpha value is -0.790. The van der Waals surface area contributed by atoms with Gasteiger partial charge in [0.2, 0.25) is 0 Å². The van der Waals surface area contributed by atoms with Crippen LogP contribution in [0.2, 0.25) is 0 Å². The molecule has 13 heavy (non-hydrogen) atoms. The third kappa shape index (κ3) is 4.71. The van der Waals surface area contributed by atoms with Gasteiger partial charge in [-0.25, -0.2) is 0 Å². The Labute approximate surface area is 81.4 Å². The van der Waals surface area contributed by atoms with Crippen molar-refractivity contribution in [1.82, 2.24) is 5.32 Å². The first kappa shape index (κ1) is 12.2. The molecule has 0 aliphatic heterocycles. The van der Waals surface area contributed by atoms with Crippen LogP contribution in [-0.4, -0.2) is 13.3 Å². The van der Waals surface area contributed by atoms with Gasteiger partial charge in [-0.2, -0.15) is 0 Å². The molecule has 76 valence electrons. The molecule has 0 amide bonds. The zero-order chi connectivity index (χ0) is 10.3. The van der Waals surface area contributed by atoms with E-state index in [2.05, 4.69) is 19.2 Å². The molecule has 2 heteroatoms. The van der Waals surface area contributed by atoms with Crippen LogP contribution in [0.1, 0.15) is 40.0 Å². The van der Waals surface area contributed by atoms with Gasteiger partial charge in [0.1, 0.15) is 6.29 Å². The fourth-order valence-corrected chi connectivity index (χ4v) is 1.25. The lowest BCUT2D eigenvalue weighted by atomic mass is 10.0. The van der Waals surface area contributed by atoms with Crippen LogP contribution in [0.5, 0.6) is 0 Å². The predicted octanol–water partition coefficient (Wildman–Crippen LogP) is 2.51. The molecule has 0 radical (unpaired) electrons. The lowest BCUT2D eigenvalue weighted by Gasteiger charge is -2.11. The van der Waals surface area contributed by atoms with Crippen molar-refractivity contribution >= 4 is 6.29 Å². The Bertz CT molecular complexity index is 183. The van der Waals surface area contributed by atoms with Gasteiger partial charge in [0, 0.05) is 18.3 Å². The average molecular weight is 183 g/mol. The maximum absolute atomic E-state index is 10.7. The minimum absolute atomic E-state index is 0.688. The maximum atomic E-state index is 10.7. The normalized spacial score (nSPS) is 12.7. The largest absolute Gasteiger partial charge is 0.391 e. The second-order valence-electron chi connectivity index (χ2n) is 3.66. The minimum Gasteiger partial charge on any atom is -0.391 e. The summed E-state index contributed by atoms with van der Waals surface area (Å²) in [6.07, 6.45) is 3.90. The Morgan fingerprint density at radius 1 is 1.46 bits per heavy atom. The highest BCUT2D eigenvalue weighted by Crippen LogP contribution is 2.13. The van der Waals surface area contributed by atoms with Crippen LogP contribution < -0.4 is 5.32 Å². The molecule has 0 aliphatic carbocycles. The summed E-state index contributed by atoms with van der Waals surface area (Å²) in [6.45, 7) is 6.40. The van der Waals surface area contributed by atoms with E-state index >= 15 is 0 Å². The van der Waals surface area contributed by atoms with Crippen molar-refractivity contribution in [2.45, 2.75) is 40.0 Å². The van der Waals surface area contributed by atoms with E-state index in [1.165, 1.54) is 0 Å². The van der Waals surface area contributed by atoms with Gasteiger partial charge >= 0.3 is 0 Å². The average Bonchev–Trinajstić information content (AvgIpc) is 2.11. The molecule has 0 unspecified atom stereocenters. The molecule has 0 spiro atoms. The predicted molar refractivity (Wildman–Crippen MR) is 56.5 cm³/mol. The Balaban J connectivity index is 4.29. The van der Waals surface area contributed by atoms with Gasteiger partial charge in [0.05, 0.1) is 0 Å². The number of carbonyl (C=O) groups excluding carboxylic acids is 1. The molecule has 0 saturated heterocycles. The summed E-state index contributed by atoms with van der Waals surface area (Å²) in [7, 11) is 1.88. The lowest BCUT2D eigenvalue weighted by molar-refractivity contribution is -0.105. The minimum atomic E-state index is 0.688. The summed E-state index contributed by atoms with van der Waals surface area (Å²) >= 11 is 0. The Morgan fingerprint density at radius 2 is 2.08 bits per heavy atom. The van der Waals surface area contributed by atoms with Crippen molar-refractivity contribution in [3.05, 3.63) is 11.3 Å². The van der Waals surface area contributed by atoms with Crippen LogP contribution in [0.4, 0.5) is 0 Å². The number of hydrogen-bond acceptors (Lipinski definition) is 2. The molecule has 1 N–H and O–H groups in total. The van der Waals surface area contributed by atoms with E-state index in [0.717, 1.165) is 36.8 Å². The van der Waals surface area contributed by atoms with E-state index < -0.39 is 0 Å². The van der Waals surface area contributed by atoms with Crippen LogP contribution in [0, 0.1) is 5.92 Å². The first-order valence-corrected chi connectivity index (χ1v) is 5.00. The monoisotopic (exact) mass is 183 g/mol. The van der Waals surface area contributed by atoms with Gasteiger partial charge in [-0.05, 0) is 25.2 Å². The van der Waals surface area contributed by atoms with Crippen LogP contribution in [0.25, 0.3) is 0 Å². The molecule has 0 bridgehead atoms. The first-order valence-electron chi connectivity index (χ1n) is 5.00. The van der Waals surface area contributed by atoms with E-state index in [1.807, 2.05) is 14.0 Å². The molecule has 0 aliphatic rings. The van der Waals surface area contributed by atoms with E-state index in [1.54, 1.807) is 0 Å². The number of aldehydes is 1. The third-order valence-corrected chi connectivity index (χ3v) is 2.18. The first-order chi connectivity index (χ1) is 6.15. The van der Waals surface area contributed by atoms with Gasteiger partial charge in [-0.1, -0.05) is 20.8 Å². The summed E-state index contributed by atoms with van der Waals surface area (Å²) in [5, 5.41) is 3.11. The third-order valence-electron chi connectivity index (χ3n) is 2.18. The molecule has 0 atom stereocenters. The second kappa shape index (κ2) is 6.70. The van der Waals surface area contributed by atoms with Crippen LogP contribution in [-0.2, 0) is 4.79 Å². The standard InChI is InChI=1S/C11H21NO/c1-5-10(8-13)11(12-4)7-6-9(2)3/h8-9,12H,5-7H2,1-4H3/b11-10-. The van der Waals surface area contributed by atoms with Gasteiger partial charge in [-0.15, -0.1) is 0 Å². The van der Waals surface area contributed by atoms with Crippen molar-refractivity contribution in [1.29, 1.82) is 0 Å². The molecule has 0 aromatic rings. The Kier molecular flexibility index (Phi) is 6.29. The van der Waals surface area contributed by atoms with E-state index in [0.29, 0.717) is 5.92 Å². The highest BCUT2D eigenvalue weighted by atomic mass is 16.1. The lowest BCUT2D eigenvalue weighted by Crippen LogP contribution is -2.10. The highest BCUT2D eigenvalue weighted by Gasteiger charge is 2.03. The molecular formula is C11H21NO. The molecule has 0 fully saturated rings. The number of nitrogens with one attached hydrogen (secondary N) is 1. The quantitative estimate of drug-likeness (QED) is 0.506. The summed E-state index contributed by atoms with van der Waals surface area (Å²) in [6, 6.07) is 0. The van der Waals surface area contributed by atoms with E-state index in [-0.39, 0.29) is 0 Å². The summed E-state index contributed by atoms with van der Waals surface area (Å²) in [5.41, 5.74) is 2.01. The number of hydrogen-bond donors (Lipinski definition) is 1. The zero-order valence-electron chi connectivity index (χ0n) is 9.18. The van der Waals surface area contributed by atoms with Gasteiger partial charge < -0.3 is 5.32 Å². The van der Waals surface area contributed by atoms with Crippen molar-refractivity contribution in [3.63, 3.8) is 0 Å². The number of carbonyl (C=O) groups is 1. The zero-order valence-corrected chi connectivity index (χ0v) is 9.18. The molecular weight excluding hydrogens is 162 g/mol. The SMILES string of the molecule is CC/C(C=O)=C(\CCC(C)C)NC. The van der Waals surface area contributed by atoms with Crippen LogP contribution in [0.3, 0.4) is 0 Å². The summed E-state index contributed by atoms with van der Waals surface area (Å²) in [4.78, 5) is 10.7. The van der Waals surface area contributed by atoms with Crippen molar-refractivity contribution in [2.24, 2.45) is 5.92 Å². The van der Waals surface area contributed by atoms with Crippen molar-refractivity contribution in [3.8, 4) is 0 Å². The van der Waals surface area contributed by atoms with E-state index in [4.69, 9.17) is 0 Å². The number of rotatable bonds is 6. The Morgan fingerprint density at radius 3 is 2.38 bits per heavy atom. The summed E-state index contributed by atoms with van der Waals surface area (Å²) < 4.78 is 0. The molecule has 0 heterocycles. The van der Waals surface area contributed by atoms with E-state index in [9.17, 15) is 4.79 Å². The maximum Gasteiger partial charge on any atom is 0.147 e.